The molecular weight excluding hydrogens is 340 g/mol. The van der Waals surface area contributed by atoms with E-state index < -0.39 is 41.7 Å². The number of halogens is 6. The van der Waals surface area contributed by atoms with Crippen LogP contribution in [0.3, 0.4) is 0 Å². The number of carbonyl (C=O) groups is 1. The third-order valence-electron chi connectivity index (χ3n) is 3.07. The Balaban J connectivity index is 2.17. The zero-order valence-corrected chi connectivity index (χ0v) is 12.2. The number of para-hydroxylation sites is 1. The Morgan fingerprint density at radius 2 is 1.75 bits per heavy atom. The Labute approximate surface area is 132 Å². The van der Waals surface area contributed by atoms with Crippen LogP contribution < -0.4 is 5.32 Å². The molecule has 0 aliphatic rings. The van der Waals surface area contributed by atoms with Crippen molar-refractivity contribution in [3.63, 3.8) is 0 Å². The lowest BCUT2D eigenvalue weighted by Crippen LogP contribution is -2.22. The smallest absolute Gasteiger partial charge is 0.324 e. The Hall–Kier alpha value is -2.52. The molecular formula is C14H11F6N3O. The first-order valence-corrected chi connectivity index (χ1v) is 6.56. The molecule has 2 rings (SSSR count). The highest BCUT2D eigenvalue weighted by atomic mass is 19.4. The van der Waals surface area contributed by atoms with Crippen LogP contribution in [0.1, 0.15) is 17.0 Å². The third kappa shape index (κ3) is 4.06. The number of benzene rings is 1. The fourth-order valence-corrected chi connectivity index (χ4v) is 1.97. The molecule has 0 fully saturated rings. The number of carbonyl (C=O) groups excluding carboxylic acids is 1. The molecule has 130 valence electrons. The molecule has 1 aromatic heterocycles. The Morgan fingerprint density at radius 3 is 2.29 bits per heavy atom. The second-order valence-electron chi connectivity index (χ2n) is 4.92. The van der Waals surface area contributed by atoms with E-state index in [-0.39, 0.29) is 5.69 Å². The number of nitrogens with zero attached hydrogens (tertiary/aromatic N) is 2. The van der Waals surface area contributed by atoms with E-state index in [2.05, 4.69) is 5.10 Å². The van der Waals surface area contributed by atoms with Crippen molar-refractivity contribution in [2.45, 2.75) is 25.8 Å². The van der Waals surface area contributed by atoms with Crippen molar-refractivity contribution >= 4 is 11.6 Å². The zero-order valence-electron chi connectivity index (χ0n) is 12.2. The number of amides is 1. The lowest BCUT2D eigenvalue weighted by atomic mass is 10.1. The number of aryl methyl sites for hydroxylation is 1. The number of alkyl halides is 6. The number of anilines is 1. The predicted octanol–water partition coefficient (Wildman–Crippen LogP) is 3.87. The molecule has 0 bridgehead atoms. The molecule has 1 heterocycles. The van der Waals surface area contributed by atoms with Crippen LogP contribution in [0.5, 0.6) is 0 Å². The van der Waals surface area contributed by atoms with Gasteiger partial charge in [-0.2, -0.15) is 31.4 Å². The van der Waals surface area contributed by atoms with Crippen molar-refractivity contribution in [1.29, 1.82) is 0 Å². The van der Waals surface area contributed by atoms with Gasteiger partial charge in [-0.05, 0) is 25.1 Å². The van der Waals surface area contributed by atoms with Crippen LogP contribution in [0.4, 0.5) is 32.0 Å². The maximum atomic E-state index is 12.8. The van der Waals surface area contributed by atoms with Crippen molar-refractivity contribution in [2.75, 3.05) is 5.32 Å². The molecule has 4 nitrogen and oxygen atoms in total. The van der Waals surface area contributed by atoms with Gasteiger partial charge in [0.1, 0.15) is 6.54 Å². The maximum Gasteiger partial charge on any atom is 0.435 e. The van der Waals surface area contributed by atoms with Crippen molar-refractivity contribution in [3.8, 4) is 0 Å². The largest absolute Gasteiger partial charge is 0.435 e. The topological polar surface area (TPSA) is 46.9 Å². The third-order valence-corrected chi connectivity index (χ3v) is 3.07. The summed E-state index contributed by atoms with van der Waals surface area (Å²) in [4.78, 5) is 11.9. The molecule has 1 N–H and O–H groups in total. The van der Waals surface area contributed by atoms with E-state index in [4.69, 9.17) is 0 Å². The van der Waals surface area contributed by atoms with Crippen molar-refractivity contribution in [1.82, 2.24) is 9.78 Å². The van der Waals surface area contributed by atoms with Crippen LogP contribution in [0, 0.1) is 6.92 Å². The minimum absolute atomic E-state index is 0.0570. The van der Waals surface area contributed by atoms with Gasteiger partial charge in [-0.25, -0.2) is 0 Å². The van der Waals surface area contributed by atoms with E-state index in [1.54, 1.807) is 0 Å². The van der Waals surface area contributed by atoms with E-state index in [9.17, 15) is 31.1 Å². The van der Waals surface area contributed by atoms with Gasteiger partial charge in [-0.15, -0.1) is 0 Å². The minimum Gasteiger partial charge on any atom is -0.324 e. The van der Waals surface area contributed by atoms with Gasteiger partial charge in [0, 0.05) is 5.69 Å². The quantitative estimate of drug-likeness (QED) is 0.854. The van der Waals surface area contributed by atoms with Crippen LogP contribution in [-0.4, -0.2) is 15.7 Å². The molecule has 0 radical (unpaired) electrons. The summed E-state index contributed by atoms with van der Waals surface area (Å²) in [7, 11) is 0. The fraction of sp³-hybridized carbons (Fsp3) is 0.286. The standard InChI is InChI=1S/C14H11F6N3O/c1-8-6-11(14(18,19)20)22-23(8)7-12(24)21-10-5-3-2-4-9(10)13(15,16)17/h2-6H,7H2,1H3,(H,21,24). The van der Waals surface area contributed by atoms with Gasteiger partial charge in [-0.3, -0.25) is 9.48 Å². The maximum absolute atomic E-state index is 12.8. The first-order valence-electron chi connectivity index (χ1n) is 6.56. The number of nitrogens with one attached hydrogen (secondary N) is 1. The van der Waals surface area contributed by atoms with Crippen molar-refractivity contribution in [2.24, 2.45) is 0 Å². The van der Waals surface area contributed by atoms with Gasteiger partial charge in [-0.1, -0.05) is 12.1 Å². The number of rotatable bonds is 3. The molecule has 1 aromatic carbocycles. The minimum atomic E-state index is -4.67. The van der Waals surface area contributed by atoms with Crippen molar-refractivity contribution in [3.05, 3.63) is 47.3 Å². The lowest BCUT2D eigenvalue weighted by molar-refractivity contribution is -0.141. The van der Waals surface area contributed by atoms with Gasteiger partial charge >= 0.3 is 12.4 Å². The number of hydrogen-bond donors (Lipinski definition) is 1. The van der Waals surface area contributed by atoms with E-state index in [0.717, 1.165) is 28.9 Å². The summed E-state index contributed by atoms with van der Waals surface area (Å²) in [5.41, 5.74) is -2.65. The number of aromatic nitrogens is 2. The Kier molecular flexibility index (Phi) is 4.59. The van der Waals surface area contributed by atoms with E-state index in [1.807, 2.05) is 5.32 Å². The zero-order chi connectivity index (χ0) is 18.1. The molecule has 0 aliphatic heterocycles. The van der Waals surface area contributed by atoms with Crippen molar-refractivity contribution < 1.29 is 31.1 Å². The monoisotopic (exact) mass is 351 g/mol. The SMILES string of the molecule is Cc1cc(C(F)(F)F)nn1CC(=O)Nc1ccccc1C(F)(F)F. The highest BCUT2D eigenvalue weighted by Gasteiger charge is 2.35. The van der Waals surface area contributed by atoms with Crippen LogP contribution in [0.25, 0.3) is 0 Å². The molecule has 0 saturated carbocycles. The van der Waals surface area contributed by atoms with E-state index in [1.165, 1.54) is 13.0 Å². The molecule has 0 saturated heterocycles. The first kappa shape index (κ1) is 17.8. The molecule has 0 unspecified atom stereocenters. The van der Waals surface area contributed by atoms with Gasteiger partial charge in [0.15, 0.2) is 5.69 Å². The second kappa shape index (κ2) is 6.17. The molecule has 24 heavy (non-hydrogen) atoms. The highest BCUT2D eigenvalue weighted by molar-refractivity contribution is 5.91. The molecule has 0 aliphatic carbocycles. The van der Waals surface area contributed by atoms with Crippen LogP contribution >= 0.6 is 0 Å². The summed E-state index contributed by atoms with van der Waals surface area (Å²) in [5.74, 6) is -0.924. The van der Waals surface area contributed by atoms with Gasteiger partial charge < -0.3 is 5.32 Å². The summed E-state index contributed by atoms with van der Waals surface area (Å²) < 4.78 is 76.9. The summed E-state index contributed by atoms with van der Waals surface area (Å²) in [5, 5.41) is 5.28. The van der Waals surface area contributed by atoms with E-state index >= 15 is 0 Å². The summed E-state index contributed by atoms with van der Waals surface area (Å²) in [6, 6.07) is 5.04. The van der Waals surface area contributed by atoms with E-state index in [0.29, 0.717) is 0 Å². The Morgan fingerprint density at radius 1 is 1.12 bits per heavy atom. The summed E-state index contributed by atoms with van der Waals surface area (Å²) >= 11 is 0. The number of hydrogen-bond acceptors (Lipinski definition) is 2. The first-order chi connectivity index (χ1) is 11.0. The second-order valence-corrected chi connectivity index (χ2v) is 4.92. The molecule has 2 aromatic rings. The molecule has 1 amide bonds. The van der Waals surface area contributed by atoms with Crippen LogP contribution in [0.15, 0.2) is 30.3 Å². The van der Waals surface area contributed by atoms with Crippen LogP contribution in [0.2, 0.25) is 0 Å². The average Bonchev–Trinajstić information content (AvgIpc) is 2.79. The van der Waals surface area contributed by atoms with Gasteiger partial charge in [0.2, 0.25) is 5.91 Å². The average molecular weight is 351 g/mol. The highest BCUT2D eigenvalue weighted by Crippen LogP contribution is 2.34. The summed E-state index contributed by atoms with van der Waals surface area (Å²) in [6.07, 6.45) is -9.34. The molecule has 0 atom stereocenters. The Bertz CT molecular complexity index is 748. The predicted molar refractivity (Wildman–Crippen MR) is 72.0 cm³/mol. The summed E-state index contributed by atoms with van der Waals surface area (Å²) in [6.45, 7) is 0.660. The molecule has 10 heteroatoms. The van der Waals surface area contributed by atoms with Gasteiger partial charge in [0.25, 0.3) is 0 Å². The van der Waals surface area contributed by atoms with Gasteiger partial charge in [0.05, 0.1) is 11.3 Å². The fourth-order valence-electron chi connectivity index (χ4n) is 1.97. The normalized spacial score (nSPS) is 12.3. The lowest BCUT2D eigenvalue weighted by Gasteiger charge is -2.13. The molecule has 0 spiro atoms. The van der Waals surface area contributed by atoms with Crippen LogP contribution in [-0.2, 0) is 23.7 Å².